The number of hydrogen-bond acceptors (Lipinski definition) is 3. The Balaban J connectivity index is 2.14. The zero-order valence-corrected chi connectivity index (χ0v) is 10.4. The van der Waals surface area contributed by atoms with Crippen LogP contribution in [0.4, 0.5) is 0 Å². The van der Waals surface area contributed by atoms with Crippen molar-refractivity contribution in [3.05, 3.63) is 53.2 Å². The van der Waals surface area contributed by atoms with Gasteiger partial charge in [-0.3, -0.25) is 4.40 Å². The fourth-order valence-corrected chi connectivity index (χ4v) is 2.04. The quantitative estimate of drug-likeness (QED) is 0.779. The molecule has 0 saturated heterocycles. The van der Waals surface area contributed by atoms with Crippen molar-refractivity contribution in [1.82, 2.24) is 14.6 Å². The van der Waals surface area contributed by atoms with Crippen LogP contribution in [0.1, 0.15) is 10.4 Å². The highest BCUT2D eigenvalue weighted by molar-refractivity contribution is 6.33. The second-order valence-corrected chi connectivity index (χ2v) is 4.36. The van der Waals surface area contributed by atoms with E-state index in [0.29, 0.717) is 16.5 Å². The maximum atomic E-state index is 10.8. The van der Waals surface area contributed by atoms with E-state index < -0.39 is 5.97 Å². The van der Waals surface area contributed by atoms with Crippen molar-refractivity contribution in [2.24, 2.45) is 0 Å². The van der Waals surface area contributed by atoms with Gasteiger partial charge in [0.05, 0.1) is 10.6 Å². The van der Waals surface area contributed by atoms with Gasteiger partial charge in [-0.15, -0.1) is 10.2 Å². The number of benzene rings is 1. The van der Waals surface area contributed by atoms with Gasteiger partial charge in [0.2, 0.25) is 0 Å². The Morgan fingerprint density at radius 2 is 1.89 bits per heavy atom. The van der Waals surface area contributed by atoms with Crippen molar-refractivity contribution in [2.45, 2.75) is 0 Å². The lowest BCUT2D eigenvalue weighted by Crippen LogP contribution is -1.96. The average molecular weight is 274 g/mol. The highest BCUT2D eigenvalue weighted by atomic mass is 35.5. The standard InChI is InChI=1S/C13H8ClN3O2/c14-10-2-1-7-17-11(15-16-12(10)17)8-3-5-9(6-4-8)13(18)19/h1-7H,(H,18,19). The number of carboxylic acids is 1. The van der Waals surface area contributed by atoms with Gasteiger partial charge in [-0.1, -0.05) is 23.7 Å². The molecule has 3 aromatic rings. The van der Waals surface area contributed by atoms with Gasteiger partial charge in [0.1, 0.15) is 0 Å². The summed E-state index contributed by atoms with van der Waals surface area (Å²) in [6.45, 7) is 0. The number of nitrogens with zero attached hydrogens (tertiary/aromatic N) is 3. The van der Waals surface area contributed by atoms with Gasteiger partial charge in [-0.2, -0.15) is 0 Å². The minimum atomic E-state index is -0.958. The molecule has 0 aliphatic rings. The van der Waals surface area contributed by atoms with Crippen LogP contribution < -0.4 is 0 Å². The Morgan fingerprint density at radius 1 is 1.16 bits per heavy atom. The third-order valence-corrected chi connectivity index (χ3v) is 3.07. The molecule has 2 aromatic heterocycles. The maximum absolute atomic E-state index is 10.8. The molecule has 3 rings (SSSR count). The van der Waals surface area contributed by atoms with Crippen molar-refractivity contribution in [3.63, 3.8) is 0 Å². The van der Waals surface area contributed by atoms with Gasteiger partial charge in [-0.25, -0.2) is 4.79 Å². The van der Waals surface area contributed by atoms with Crippen LogP contribution in [-0.4, -0.2) is 25.7 Å². The molecule has 1 N–H and O–H groups in total. The highest BCUT2D eigenvalue weighted by Crippen LogP contribution is 2.22. The van der Waals surface area contributed by atoms with Crippen LogP contribution >= 0.6 is 11.6 Å². The van der Waals surface area contributed by atoms with Crippen molar-refractivity contribution in [3.8, 4) is 11.4 Å². The van der Waals surface area contributed by atoms with Crippen molar-refractivity contribution in [2.75, 3.05) is 0 Å². The summed E-state index contributed by atoms with van der Waals surface area (Å²) >= 11 is 6.02. The van der Waals surface area contributed by atoms with E-state index in [4.69, 9.17) is 16.7 Å². The highest BCUT2D eigenvalue weighted by Gasteiger charge is 2.10. The molecule has 0 unspecified atom stereocenters. The number of carbonyl (C=O) groups is 1. The lowest BCUT2D eigenvalue weighted by atomic mass is 10.1. The summed E-state index contributed by atoms with van der Waals surface area (Å²) in [7, 11) is 0. The van der Waals surface area contributed by atoms with E-state index in [1.54, 1.807) is 28.7 Å². The topological polar surface area (TPSA) is 67.5 Å². The molecule has 6 heteroatoms. The largest absolute Gasteiger partial charge is 0.478 e. The molecule has 0 atom stereocenters. The number of fused-ring (bicyclic) bond motifs is 1. The number of rotatable bonds is 2. The monoisotopic (exact) mass is 273 g/mol. The second-order valence-electron chi connectivity index (χ2n) is 3.96. The molecule has 19 heavy (non-hydrogen) atoms. The van der Waals surface area contributed by atoms with Crippen LogP contribution in [0, 0.1) is 0 Å². The van der Waals surface area contributed by atoms with Crippen LogP contribution in [0.15, 0.2) is 42.6 Å². The number of aromatic nitrogens is 3. The average Bonchev–Trinajstić information content (AvgIpc) is 2.84. The SMILES string of the molecule is O=C(O)c1ccc(-c2nnc3c(Cl)cccn23)cc1. The first kappa shape index (κ1) is 11.7. The molecule has 0 radical (unpaired) electrons. The second kappa shape index (κ2) is 4.37. The third-order valence-electron chi connectivity index (χ3n) is 2.78. The van der Waals surface area contributed by atoms with Gasteiger partial charge in [0, 0.05) is 11.8 Å². The first-order chi connectivity index (χ1) is 9.16. The summed E-state index contributed by atoms with van der Waals surface area (Å²) in [5.74, 6) is -0.338. The van der Waals surface area contributed by atoms with Gasteiger partial charge < -0.3 is 5.11 Å². The Kier molecular flexibility index (Phi) is 2.68. The Hall–Kier alpha value is -2.40. The molecule has 0 aliphatic carbocycles. The van der Waals surface area contributed by atoms with E-state index >= 15 is 0 Å². The summed E-state index contributed by atoms with van der Waals surface area (Å²) < 4.78 is 1.76. The molecule has 0 amide bonds. The normalized spacial score (nSPS) is 10.8. The van der Waals surface area contributed by atoms with Gasteiger partial charge in [-0.05, 0) is 24.3 Å². The zero-order chi connectivity index (χ0) is 13.4. The molecule has 1 aromatic carbocycles. The van der Waals surface area contributed by atoms with Crippen molar-refractivity contribution in [1.29, 1.82) is 0 Å². The Labute approximate surface area is 113 Å². The number of hydrogen-bond donors (Lipinski definition) is 1. The lowest BCUT2D eigenvalue weighted by Gasteiger charge is -2.01. The smallest absolute Gasteiger partial charge is 0.335 e. The molecule has 0 bridgehead atoms. The van der Waals surface area contributed by atoms with Gasteiger partial charge >= 0.3 is 5.97 Å². The van der Waals surface area contributed by atoms with E-state index in [1.807, 2.05) is 6.20 Å². The van der Waals surface area contributed by atoms with Crippen LogP contribution in [0.3, 0.4) is 0 Å². The number of aromatic carboxylic acids is 1. The van der Waals surface area contributed by atoms with E-state index in [1.165, 1.54) is 12.1 Å². The first-order valence-corrected chi connectivity index (χ1v) is 5.87. The lowest BCUT2D eigenvalue weighted by molar-refractivity contribution is 0.0697. The molecule has 0 spiro atoms. The maximum Gasteiger partial charge on any atom is 0.335 e. The molecular weight excluding hydrogens is 266 g/mol. The molecule has 0 saturated carbocycles. The first-order valence-electron chi connectivity index (χ1n) is 5.50. The van der Waals surface area contributed by atoms with Crippen LogP contribution in [-0.2, 0) is 0 Å². The van der Waals surface area contributed by atoms with Gasteiger partial charge in [0.25, 0.3) is 0 Å². The van der Waals surface area contributed by atoms with Crippen LogP contribution in [0.25, 0.3) is 17.0 Å². The number of pyridine rings is 1. The molecule has 5 nitrogen and oxygen atoms in total. The predicted molar refractivity (Wildman–Crippen MR) is 70.4 cm³/mol. The minimum absolute atomic E-state index is 0.232. The summed E-state index contributed by atoms with van der Waals surface area (Å²) in [6, 6.07) is 9.99. The molecule has 0 aliphatic heterocycles. The molecular formula is C13H8ClN3O2. The Bertz CT molecular complexity index is 765. The van der Waals surface area contributed by atoms with E-state index in [2.05, 4.69) is 10.2 Å². The fraction of sp³-hybridized carbons (Fsp3) is 0. The zero-order valence-electron chi connectivity index (χ0n) is 9.62. The predicted octanol–water partition coefficient (Wildman–Crippen LogP) is 2.75. The van der Waals surface area contributed by atoms with E-state index in [0.717, 1.165) is 5.56 Å². The fourth-order valence-electron chi connectivity index (χ4n) is 1.84. The Morgan fingerprint density at radius 3 is 2.58 bits per heavy atom. The summed E-state index contributed by atoms with van der Waals surface area (Å²) in [5.41, 5.74) is 1.58. The number of halogens is 1. The minimum Gasteiger partial charge on any atom is -0.478 e. The summed E-state index contributed by atoms with van der Waals surface area (Å²) in [4.78, 5) is 10.8. The van der Waals surface area contributed by atoms with E-state index in [-0.39, 0.29) is 5.56 Å². The summed E-state index contributed by atoms with van der Waals surface area (Å²) in [5, 5.41) is 17.5. The van der Waals surface area contributed by atoms with E-state index in [9.17, 15) is 4.79 Å². The molecule has 0 fully saturated rings. The van der Waals surface area contributed by atoms with Crippen molar-refractivity contribution < 1.29 is 9.90 Å². The summed E-state index contributed by atoms with van der Waals surface area (Å²) in [6.07, 6.45) is 1.81. The number of carboxylic acid groups (broad SMARTS) is 1. The van der Waals surface area contributed by atoms with Crippen LogP contribution in [0.2, 0.25) is 5.02 Å². The van der Waals surface area contributed by atoms with Gasteiger partial charge in [0.15, 0.2) is 11.5 Å². The third kappa shape index (κ3) is 1.94. The van der Waals surface area contributed by atoms with Crippen molar-refractivity contribution >= 4 is 23.2 Å². The van der Waals surface area contributed by atoms with Crippen LogP contribution in [0.5, 0.6) is 0 Å². The molecule has 2 heterocycles. The molecule has 94 valence electrons.